The van der Waals surface area contributed by atoms with E-state index in [9.17, 15) is 0 Å². The smallest absolute Gasteiger partial charge is 0.0649 e. The van der Waals surface area contributed by atoms with Crippen molar-refractivity contribution in [3.8, 4) is 5.69 Å². The van der Waals surface area contributed by atoms with Crippen LogP contribution in [0.15, 0.2) is 42.6 Å². The molecule has 1 heterocycles. The quantitative estimate of drug-likeness (QED) is 0.843. The zero-order valence-corrected chi connectivity index (χ0v) is 12.4. The van der Waals surface area contributed by atoms with Crippen molar-refractivity contribution in [3.05, 3.63) is 48.3 Å². The van der Waals surface area contributed by atoms with Crippen molar-refractivity contribution < 1.29 is 0 Å². The minimum absolute atomic E-state index is 0.0123. The van der Waals surface area contributed by atoms with Gasteiger partial charge in [-0.1, -0.05) is 32.0 Å². The summed E-state index contributed by atoms with van der Waals surface area (Å²) >= 11 is 0. The number of para-hydroxylation sites is 1. The number of nitrogens with two attached hydrogens (primary N) is 1. The molecule has 0 saturated heterocycles. The zero-order valence-electron chi connectivity index (χ0n) is 12.4. The number of hydrogen-bond donors (Lipinski definition) is 1. The molecule has 1 unspecified atom stereocenters. The molecule has 0 radical (unpaired) electrons. The van der Waals surface area contributed by atoms with E-state index < -0.39 is 0 Å². The van der Waals surface area contributed by atoms with Gasteiger partial charge in [-0.2, -0.15) is 5.10 Å². The highest BCUT2D eigenvalue weighted by atomic mass is 15.3. The van der Waals surface area contributed by atoms with E-state index in [1.54, 1.807) is 0 Å². The maximum absolute atomic E-state index is 6.35. The summed E-state index contributed by atoms with van der Waals surface area (Å²) in [5.74, 6) is 0. The van der Waals surface area contributed by atoms with Crippen molar-refractivity contribution in [1.82, 2.24) is 14.7 Å². The Morgan fingerprint density at radius 2 is 1.85 bits per heavy atom. The number of nitrogens with zero attached hydrogens (tertiary/aromatic N) is 3. The second-order valence-electron chi connectivity index (χ2n) is 4.93. The molecule has 0 spiro atoms. The van der Waals surface area contributed by atoms with Gasteiger partial charge in [-0.05, 0) is 44.3 Å². The first-order valence-electron chi connectivity index (χ1n) is 7.33. The molecule has 108 valence electrons. The minimum atomic E-state index is 0.0123. The van der Waals surface area contributed by atoms with E-state index >= 15 is 0 Å². The monoisotopic (exact) mass is 272 g/mol. The van der Waals surface area contributed by atoms with Crippen LogP contribution in [0.2, 0.25) is 0 Å². The topological polar surface area (TPSA) is 47.1 Å². The molecule has 4 nitrogen and oxygen atoms in total. The average Bonchev–Trinajstić information content (AvgIpc) is 2.98. The van der Waals surface area contributed by atoms with Gasteiger partial charge in [0.25, 0.3) is 0 Å². The third-order valence-electron chi connectivity index (χ3n) is 3.70. The first-order chi connectivity index (χ1) is 9.76. The standard InChI is InChI=1S/C16H24N4/c1-3-19(4-2)13-11-15(17)16-10-12-18-20(16)14-8-6-5-7-9-14/h5-10,12,15H,3-4,11,13,17H2,1-2H3. The molecule has 1 aromatic heterocycles. The van der Waals surface area contributed by atoms with E-state index in [1.807, 2.05) is 47.3 Å². The van der Waals surface area contributed by atoms with E-state index in [-0.39, 0.29) is 6.04 Å². The fourth-order valence-electron chi connectivity index (χ4n) is 2.39. The van der Waals surface area contributed by atoms with Crippen LogP contribution in [-0.4, -0.2) is 34.3 Å². The predicted octanol–water partition coefficient (Wildman–Crippen LogP) is 2.60. The molecular weight excluding hydrogens is 248 g/mol. The Bertz CT molecular complexity index is 502. The van der Waals surface area contributed by atoms with Crippen LogP contribution in [0.1, 0.15) is 32.0 Å². The molecular formula is C16H24N4. The Labute approximate surface area is 121 Å². The van der Waals surface area contributed by atoms with Crippen LogP contribution in [0.3, 0.4) is 0 Å². The molecule has 2 rings (SSSR count). The van der Waals surface area contributed by atoms with Gasteiger partial charge in [0.2, 0.25) is 0 Å². The van der Waals surface area contributed by atoms with Crippen molar-refractivity contribution in [2.75, 3.05) is 19.6 Å². The molecule has 0 aliphatic heterocycles. The lowest BCUT2D eigenvalue weighted by molar-refractivity contribution is 0.289. The van der Waals surface area contributed by atoms with Gasteiger partial charge in [0.05, 0.1) is 11.4 Å². The van der Waals surface area contributed by atoms with Crippen LogP contribution in [0.4, 0.5) is 0 Å². The lowest BCUT2D eigenvalue weighted by Crippen LogP contribution is -2.27. The largest absolute Gasteiger partial charge is 0.323 e. The fourth-order valence-corrected chi connectivity index (χ4v) is 2.39. The molecule has 1 aromatic carbocycles. The van der Waals surface area contributed by atoms with Crippen molar-refractivity contribution in [1.29, 1.82) is 0 Å². The normalized spacial score (nSPS) is 12.8. The molecule has 1 atom stereocenters. The van der Waals surface area contributed by atoms with Crippen LogP contribution in [0.25, 0.3) is 5.69 Å². The van der Waals surface area contributed by atoms with Crippen LogP contribution < -0.4 is 5.73 Å². The van der Waals surface area contributed by atoms with Crippen LogP contribution in [-0.2, 0) is 0 Å². The van der Waals surface area contributed by atoms with E-state index in [0.29, 0.717) is 0 Å². The Morgan fingerprint density at radius 3 is 2.50 bits per heavy atom. The minimum Gasteiger partial charge on any atom is -0.323 e. The maximum atomic E-state index is 6.35. The van der Waals surface area contributed by atoms with Gasteiger partial charge in [-0.15, -0.1) is 0 Å². The Balaban J connectivity index is 2.08. The third kappa shape index (κ3) is 3.46. The summed E-state index contributed by atoms with van der Waals surface area (Å²) in [5.41, 5.74) is 8.48. The molecule has 2 N–H and O–H groups in total. The van der Waals surface area contributed by atoms with E-state index in [4.69, 9.17) is 5.73 Å². The summed E-state index contributed by atoms with van der Waals surface area (Å²) in [4.78, 5) is 2.39. The van der Waals surface area contributed by atoms with Gasteiger partial charge in [-0.3, -0.25) is 0 Å². The zero-order chi connectivity index (χ0) is 14.4. The lowest BCUT2D eigenvalue weighted by Gasteiger charge is -2.21. The Morgan fingerprint density at radius 1 is 1.15 bits per heavy atom. The molecule has 0 amide bonds. The van der Waals surface area contributed by atoms with Gasteiger partial charge in [-0.25, -0.2) is 4.68 Å². The predicted molar refractivity (Wildman–Crippen MR) is 82.9 cm³/mol. The summed E-state index contributed by atoms with van der Waals surface area (Å²) in [6, 6.07) is 12.2. The molecule has 4 heteroatoms. The Kier molecular flexibility index (Phi) is 5.32. The summed E-state index contributed by atoms with van der Waals surface area (Å²) in [5, 5.41) is 4.40. The van der Waals surface area contributed by atoms with Crippen LogP contribution in [0.5, 0.6) is 0 Å². The maximum Gasteiger partial charge on any atom is 0.0649 e. The van der Waals surface area contributed by atoms with Crippen LogP contribution in [0, 0.1) is 0 Å². The second kappa shape index (κ2) is 7.22. The molecule has 0 aliphatic rings. The lowest BCUT2D eigenvalue weighted by atomic mass is 10.1. The van der Waals surface area contributed by atoms with E-state index in [1.165, 1.54) is 0 Å². The highest BCUT2D eigenvalue weighted by Gasteiger charge is 2.13. The molecule has 2 aromatic rings. The first-order valence-corrected chi connectivity index (χ1v) is 7.33. The summed E-state index contributed by atoms with van der Waals surface area (Å²) in [7, 11) is 0. The molecule has 0 saturated carbocycles. The van der Waals surface area contributed by atoms with Crippen LogP contribution >= 0.6 is 0 Å². The molecule has 0 bridgehead atoms. The van der Waals surface area contributed by atoms with Gasteiger partial charge in [0.1, 0.15) is 0 Å². The van der Waals surface area contributed by atoms with Gasteiger partial charge >= 0.3 is 0 Å². The number of aromatic nitrogens is 2. The van der Waals surface area contributed by atoms with E-state index in [2.05, 4.69) is 23.8 Å². The van der Waals surface area contributed by atoms with Gasteiger partial charge < -0.3 is 10.6 Å². The average molecular weight is 272 g/mol. The number of hydrogen-bond acceptors (Lipinski definition) is 3. The van der Waals surface area contributed by atoms with E-state index in [0.717, 1.165) is 37.4 Å². The van der Waals surface area contributed by atoms with Crippen molar-refractivity contribution in [2.24, 2.45) is 5.73 Å². The molecule has 0 aliphatic carbocycles. The van der Waals surface area contributed by atoms with Crippen molar-refractivity contribution in [2.45, 2.75) is 26.3 Å². The highest BCUT2D eigenvalue weighted by molar-refractivity contribution is 5.33. The molecule has 0 fully saturated rings. The van der Waals surface area contributed by atoms with Gasteiger partial charge in [0, 0.05) is 12.2 Å². The van der Waals surface area contributed by atoms with Gasteiger partial charge in [0.15, 0.2) is 0 Å². The molecule has 20 heavy (non-hydrogen) atoms. The second-order valence-corrected chi connectivity index (χ2v) is 4.93. The van der Waals surface area contributed by atoms with Crippen molar-refractivity contribution >= 4 is 0 Å². The summed E-state index contributed by atoms with van der Waals surface area (Å²) in [6.45, 7) is 7.53. The highest BCUT2D eigenvalue weighted by Crippen LogP contribution is 2.18. The number of benzene rings is 1. The first kappa shape index (κ1) is 14.8. The SMILES string of the molecule is CCN(CC)CCC(N)c1ccnn1-c1ccccc1. The fraction of sp³-hybridized carbons (Fsp3) is 0.438. The third-order valence-corrected chi connectivity index (χ3v) is 3.70. The summed E-state index contributed by atoms with van der Waals surface area (Å²) in [6.07, 6.45) is 2.76. The van der Waals surface area contributed by atoms with Crippen molar-refractivity contribution in [3.63, 3.8) is 0 Å². The number of rotatable bonds is 7. The Hall–Kier alpha value is -1.65. The summed E-state index contributed by atoms with van der Waals surface area (Å²) < 4.78 is 1.94.